The van der Waals surface area contributed by atoms with Crippen LogP contribution >= 0.6 is 0 Å². The Bertz CT molecular complexity index is 539. The normalized spacial score (nSPS) is 15.0. The molecule has 0 aliphatic carbocycles. The summed E-state index contributed by atoms with van der Waals surface area (Å²) in [5.41, 5.74) is -0.722. The van der Waals surface area contributed by atoms with E-state index < -0.39 is 28.0 Å². The molecule has 0 N–H and O–H groups in total. The second-order valence-corrected chi connectivity index (χ2v) is 7.21. The third kappa shape index (κ3) is 4.60. The summed E-state index contributed by atoms with van der Waals surface area (Å²) in [5.74, 6) is 0.148. The van der Waals surface area contributed by atoms with Crippen molar-refractivity contribution in [3.05, 3.63) is 23.5 Å². The van der Waals surface area contributed by atoms with Crippen LogP contribution in [0.1, 0.15) is 39.0 Å². The summed E-state index contributed by atoms with van der Waals surface area (Å²) < 4.78 is 58.5. The zero-order valence-electron chi connectivity index (χ0n) is 12.4. The van der Waals surface area contributed by atoms with Crippen LogP contribution in [0.3, 0.4) is 0 Å². The number of ether oxygens (including phenoxy) is 1. The molecule has 0 bridgehead atoms. The minimum absolute atomic E-state index is 0.123. The molecule has 0 aromatic carbocycles. The third-order valence-corrected chi connectivity index (χ3v) is 4.00. The predicted molar refractivity (Wildman–Crippen MR) is 75.9 cm³/mol. The number of hydrogen-bond donors (Lipinski definition) is 0. The van der Waals surface area contributed by atoms with Crippen molar-refractivity contribution in [3.8, 4) is 5.75 Å². The molecule has 8 heteroatoms. The largest absolute Gasteiger partial charge is 0.591 e. The second-order valence-electron chi connectivity index (χ2n) is 5.31. The van der Waals surface area contributed by atoms with Crippen LogP contribution in [0.15, 0.2) is 16.7 Å². The molecule has 1 rings (SSSR count). The fourth-order valence-corrected chi connectivity index (χ4v) is 1.97. The molecule has 0 saturated heterocycles. The van der Waals surface area contributed by atoms with Crippen molar-refractivity contribution in [2.24, 2.45) is 4.40 Å². The van der Waals surface area contributed by atoms with Crippen molar-refractivity contribution in [1.82, 2.24) is 4.98 Å². The Hall–Kier alpha value is -1.28. The third-order valence-electron chi connectivity index (χ3n) is 2.51. The molecular weight excluding hydrogens is 305 g/mol. The summed E-state index contributed by atoms with van der Waals surface area (Å²) >= 11 is -1.58. The summed E-state index contributed by atoms with van der Waals surface area (Å²) in [7, 11) is 1.32. The number of halogens is 3. The van der Waals surface area contributed by atoms with Gasteiger partial charge in [0.1, 0.15) is 27.6 Å². The van der Waals surface area contributed by atoms with Gasteiger partial charge in [0.15, 0.2) is 0 Å². The highest BCUT2D eigenvalue weighted by Crippen LogP contribution is 2.31. The van der Waals surface area contributed by atoms with Crippen molar-refractivity contribution in [2.75, 3.05) is 7.11 Å². The maximum absolute atomic E-state index is 12.7. The Labute approximate surface area is 124 Å². The molecule has 0 saturated carbocycles. The van der Waals surface area contributed by atoms with Gasteiger partial charge < -0.3 is 9.29 Å². The van der Waals surface area contributed by atoms with E-state index in [4.69, 9.17) is 4.74 Å². The van der Waals surface area contributed by atoms with Crippen LogP contribution in [0.5, 0.6) is 5.75 Å². The molecule has 0 fully saturated rings. The van der Waals surface area contributed by atoms with E-state index in [-0.39, 0.29) is 17.0 Å². The number of alkyl halides is 3. The van der Waals surface area contributed by atoms with Crippen LogP contribution in [0.4, 0.5) is 13.2 Å². The van der Waals surface area contributed by atoms with Crippen LogP contribution in [-0.2, 0) is 17.5 Å². The van der Waals surface area contributed by atoms with E-state index in [9.17, 15) is 17.7 Å². The Kier molecular flexibility index (Phi) is 5.27. The average molecular weight is 322 g/mol. The van der Waals surface area contributed by atoms with E-state index in [1.54, 1.807) is 20.8 Å². The minimum atomic E-state index is -4.56. The molecular formula is C13H17F3N2O2S. The SMILES string of the molecule is COc1cnc(C(F)(F)F)cc1/C(C)=N/[S@+]([O-])C(C)(C)C. The Morgan fingerprint density at radius 1 is 1.33 bits per heavy atom. The van der Waals surface area contributed by atoms with Gasteiger partial charge in [0, 0.05) is 5.56 Å². The van der Waals surface area contributed by atoms with Crippen molar-refractivity contribution < 1.29 is 22.5 Å². The monoisotopic (exact) mass is 322 g/mol. The molecule has 1 atom stereocenters. The van der Waals surface area contributed by atoms with E-state index in [0.29, 0.717) is 0 Å². The van der Waals surface area contributed by atoms with E-state index in [2.05, 4.69) is 9.38 Å². The molecule has 1 heterocycles. The van der Waals surface area contributed by atoms with Crippen molar-refractivity contribution >= 4 is 17.1 Å². The van der Waals surface area contributed by atoms with E-state index >= 15 is 0 Å². The molecule has 118 valence electrons. The molecule has 1 aromatic rings. The number of hydrogen-bond acceptors (Lipinski definition) is 4. The second kappa shape index (κ2) is 6.23. The molecule has 0 amide bonds. The number of pyridine rings is 1. The van der Waals surface area contributed by atoms with Gasteiger partial charge in [0.2, 0.25) is 0 Å². The van der Waals surface area contributed by atoms with Crippen molar-refractivity contribution in [3.63, 3.8) is 0 Å². The fourth-order valence-electron chi connectivity index (χ4n) is 1.35. The van der Waals surface area contributed by atoms with E-state index in [1.807, 2.05) is 0 Å². The molecule has 0 unspecified atom stereocenters. The van der Waals surface area contributed by atoms with Crippen LogP contribution < -0.4 is 4.74 Å². The van der Waals surface area contributed by atoms with Crippen molar-refractivity contribution in [2.45, 2.75) is 38.6 Å². The maximum Gasteiger partial charge on any atom is 0.433 e. The van der Waals surface area contributed by atoms with Gasteiger partial charge in [0.25, 0.3) is 0 Å². The minimum Gasteiger partial charge on any atom is -0.591 e. The molecule has 0 aliphatic rings. The van der Waals surface area contributed by atoms with Gasteiger partial charge >= 0.3 is 6.18 Å². The highest BCUT2D eigenvalue weighted by molar-refractivity contribution is 7.91. The molecule has 21 heavy (non-hydrogen) atoms. The summed E-state index contributed by atoms with van der Waals surface area (Å²) in [6.45, 7) is 6.67. The summed E-state index contributed by atoms with van der Waals surface area (Å²) in [5, 5.41) is 0. The smallest absolute Gasteiger partial charge is 0.433 e. The predicted octanol–water partition coefficient (Wildman–Crippen LogP) is 3.38. The van der Waals surface area contributed by atoms with Crippen LogP contribution in [0, 0.1) is 0 Å². The first-order chi connectivity index (χ1) is 9.46. The van der Waals surface area contributed by atoms with Gasteiger partial charge in [-0.1, -0.05) is 4.40 Å². The van der Waals surface area contributed by atoms with Gasteiger partial charge in [0.05, 0.1) is 19.0 Å². The Morgan fingerprint density at radius 3 is 2.33 bits per heavy atom. The van der Waals surface area contributed by atoms with E-state index in [1.165, 1.54) is 14.0 Å². The highest BCUT2D eigenvalue weighted by atomic mass is 32.2. The van der Waals surface area contributed by atoms with Gasteiger partial charge in [-0.15, -0.1) is 0 Å². The summed E-state index contributed by atoms with van der Waals surface area (Å²) in [6.07, 6.45) is -3.58. The molecule has 0 aliphatic heterocycles. The summed E-state index contributed by atoms with van der Waals surface area (Å²) in [6, 6.07) is 0.845. The van der Waals surface area contributed by atoms with E-state index in [0.717, 1.165) is 12.3 Å². The first-order valence-corrected chi connectivity index (χ1v) is 7.16. The first-order valence-electron chi connectivity index (χ1n) is 6.05. The highest BCUT2D eigenvalue weighted by Gasteiger charge is 2.34. The lowest BCUT2D eigenvalue weighted by Gasteiger charge is -2.19. The summed E-state index contributed by atoms with van der Waals surface area (Å²) in [4.78, 5) is 3.31. The topological polar surface area (TPSA) is 57.5 Å². The maximum atomic E-state index is 12.7. The molecule has 4 nitrogen and oxygen atoms in total. The number of aromatic nitrogens is 1. The standard InChI is InChI=1S/C13H17F3N2O2S/c1-8(18-21(19)12(2,3)4)9-6-11(13(14,15)16)17-7-10(9)20-5/h6-7H,1-5H3/b18-8+/t21-/m1/s1. The van der Waals surface area contributed by atoms with Gasteiger partial charge in [-0.2, -0.15) is 13.2 Å². The quantitative estimate of drug-likeness (QED) is 0.633. The Balaban J connectivity index is 3.30. The fraction of sp³-hybridized carbons (Fsp3) is 0.538. The Morgan fingerprint density at radius 2 is 1.90 bits per heavy atom. The van der Waals surface area contributed by atoms with Crippen LogP contribution in [-0.4, -0.2) is 27.1 Å². The average Bonchev–Trinajstić information content (AvgIpc) is 2.35. The van der Waals surface area contributed by atoms with Crippen LogP contribution in [0.2, 0.25) is 0 Å². The first kappa shape index (κ1) is 17.8. The zero-order valence-corrected chi connectivity index (χ0v) is 13.2. The molecule has 1 aromatic heterocycles. The lowest BCUT2D eigenvalue weighted by molar-refractivity contribution is -0.141. The van der Waals surface area contributed by atoms with Gasteiger partial charge in [-0.05, 0) is 33.8 Å². The van der Waals surface area contributed by atoms with Crippen LogP contribution in [0.25, 0.3) is 0 Å². The zero-order chi connectivity index (χ0) is 16.4. The molecule has 0 spiro atoms. The lowest BCUT2D eigenvalue weighted by atomic mass is 10.1. The number of methoxy groups -OCH3 is 1. The van der Waals surface area contributed by atoms with Gasteiger partial charge in [-0.25, -0.2) is 4.98 Å². The van der Waals surface area contributed by atoms with Crippen molar-refractivity contribution in [1.29, 1.82) is 0 Å². The number of nitrogens with zero attached hydrogens (tertiary/aromatic N) is 2. The lowest BCUT2D eigenvalue weighted by Crippen LogP contribution is -2.26. The van der Waals surface area contributed by atoms with Gasteiger partial charge in [-0.3, -0.25) is 0 Å². The molecule has 0 radical (unpaired) electrons. The number of rotatable bonds is 3.